The maximum Gasteiger partial charge on any atom is 0.228 e. The number of benzene rings is 1. The van der Waals surface area contributed by atoms with Gasteiger partial charge in [-0.1, -0.05) is 6.92 Å². The quantitative estimate of drug-likeness (QED) is 0.912. The number of sulfone groups is 1. The van der Waals surface area contributed by atoms with Gasteiger partial charge in [0.1, 0.15) is 9.84 Å². The van der Waals surface area contributed by atoms with E-state index >= 15 is 0 Å². The highest BCUT2D eigenvalue weighted by atomic mass is 32.2. The second-order valence-electron chi connectivity index (χ2n) is 5.30. The number of hydrogen-bond donors (Lipinski definition) is 1. The van der Waals surface area contributed by atoms with Crippen molar-refractivity contribution in [2.45, 2.75) is 13.8 Å². The van der Waals surface area contributed by atoms with E-state index in [0.717, 1.165) is 11.8 Å². The standard InChI is InChI=1S/C15H18N2O4S/c1-10(9-22(3,19)20)15(18)17-13-6-4-12(5-7-13)14-8-16-11(2)21-14/h4-8,10H,9H2,1-3H3,(H,17,18). The summed E-state index contributed by atoms with van der Waals surface area (Å²) in [7, 11) is -3.18. The molecule has 6 nitrogen and oxygen atoms in total. The van der Waals surface area contributed by atoms with E-state index in [2.05, 4.69) is 10.3 Å². The molecule has 0 aliphatic carbocycles. The van der Waals surface area contributed by atoms with Crippen molar-refractivity contribution in [1.29, 1.82) is 0 Å². The summed E-state index contributed by atoms with van der Waals surface area (Å²) in [6.45, 7) is 3.35. The van der Waals surface area contributed by atoms with Gasteiger partial charge in [0.05, 0.1) is 11.9 Å². The molecule has 0 aliphatic rings. The Morgan fingerprint density at radius 1 is 1.32 bits per heavy atom. The zero-order chi connectivity index (χ0) is 16.3. The normalized spacial score (nSPS) is 12.9. The van der Waals surface area contributed by atoms with Crippen LogP contribution >= 0.6 is 0 Å². The first-order chi connectivity index (χ1) is 10.2. The van der Waals surface area contributed by atoms with Crippen LogP contribution in [0.1, 0.15) is 12.8 Å². The van der Waals surface area contributed by atoms with Crippen LogP contribution in [0, 0.1) is 12.8 Å². The minimum atomic E-state index is -3.18. The molecule has 22 heavy (non-hydrogen) atoms. The topological polar surface area (TPSA) is 89.3 Å². The molecule has 0 radical (unpaired) electrons. The van der Waals surface area contributed by atoms with Crippen molar-refractivity contribution < 1.29 is 17.6 Å². The van der Waals surface area contributed by atoms with E-state index in [-0.39, 0.29) is 11.7 Å². The van der Waals surface area contributed by atoms with Crippen molar-refractivity contribution in [2.24, 2.45) is 5.92 Å². The van der Waals surface area contributed by atoms with Gasteiger partial charge in [-0.3, -0.25) is 4.79 Å². The van der Waals surface area contributed by atoms with Gasteiger partial charge in [-0.15, -0.1) is 0 Å². The van der Waals surface area contributed by atoms with Crippen LogP contribution in [-0.4, -0.2) is 31.3 Å². The van der Waals surface area contributed by atoms with Crippen LogP contribution in [0.3, 0.4) is 0 Å². The molecule has 7 heteroatoms. The number of anilines is 1. The lowest BCUT2D eigenvalue weighted by Gasteiger charge is -2.11. The molecular formula is C15H18N2O4S. The molecule has 2 rings (SSSR count). The van der Waals surface area contributed by atoms with Crippen LogP contribution in [-0.2, 0) is 14.6 Å². The molecule has 118 valence electrons. The van der Waals surface area contributed by atoms with Gasteiger partial charge in [-0.05, 0) is 24.3 Å². The number of hydrogen-bond acceptors (Lipinski definition) is 5. The Kier molecular flexibility index (Phi) is 4.65. The second-order valence-corrected chi connectivity index (χ2v) is 7.49. The second kappa shape index (κ2) is 6.31. The van der Waals surface area contributed by atoms with Crippen molar-refractivity contribution in [3.8, 4) is 11.3 Å². The van der Waals surface area contributed by atoms with E-state index in [1.54, 1.807) is 44.3 Å². The first-order valence-electron chi connectivity index (χ1n) is 6.76. The number of nitrogens with one attached hydrogen (secondary N) is 1. The third-order valence-corrected chi connectivity index (χ3v) is 4.16. The van der Waals surface area contributed by atoms with Crippen LogP contribution < -0.4 is 5.32 Å². The Morgan fingerprint density at radius 2 is 1.95 bits per heavy atom. The predicted molar refractivity (Wildman–Crippen MR) is 84.2 cm³/mol. The molecule has 2 aromatic rings. The van der Waals surface area contributed by atoms with E-state index in [0.29, 0.717) is 17.3 Å². The van der Waals surface area contributed by atoms with Gasteiger partial charge in [0.15, 0.2) is 11.7 Å². The Labute approximate surface area is 129 Å². The van der Waals surface area contributed by atoms with Crippen LogP contribution in [0.15, 0.2) is 34.9 Å². The van der Waals surface area contributed by atoms with Gasteiger partial charge in [0.2, 0.25) is 5.91 Å². The lowest BCUT2D eigenvalue weighted by atomic mass is 10.1. The highest BCUT2D eigenvalue weighted by Gasteiger charge is 2.18. The van der Waals surface area contributed by atoms with E-state index < -0.39 is 15.8 Å². The van der Waals surface area contributed by atoms with Crippen molar-refractivity contribution in [2.75, 3.05) is 17.3 Å². The van der Waals surface area contributed by atoms with Gasteiger partial charge in [-0.25, -0.2) is 13.4 Å². The summed E-state index contributed by atoms with van der Waals surface area (Å²) < 4.78 is 27.8. The minimum Gasteiger partial charge on any atom is -0.441 e. The third kappa shape index (κ3) is 4.42. The molecule has 0 saturated heterocycles. The van der Waals surface area contributed by atoms with Gasteiger partial charge >= 0.3 is 0 Å². The fourth-order valence-corrected chi connectivity index (χ4v) is 3.07. The monoisotopic (exact) mass is 322 g/mol. The summed E-state index contributed by atoms with van der Waals surface area (Å²) >= 11 is 0. The van der Waals surface area contributed by atoms with Gasteiger partial charge in [-0.2, -0.15) is 0 Å². The molecule has 1 aromatic carbocycles. The number of rotatable bonds is 5. The molecule has 0 bridgehead atoms. The number of nitrogens with zero attached hydrogens (tertiary/aromatic N) is 1. The lowest BCUT2D eigenvalue weighted by molar-refractivity contribution is -0.118. The molecule has 1 unspecified atom stereocenters. The first-order valence-corrected chi connectivity index (χ1v) is 8.82. The summed E-state index contributed by atoms with van der Waals surface area (Å²) in [5.41, 5.74) is 1.45. The number of carbonyl (C=O) groups is 1. The Bertz CT molecular complexity index is 763. The Hall–Kier alpha value is -2.15. The first kappa shape index (κ1) is 16.2. The van der Waals surface area contributed by atoms with Gasteiger partial charge in [0, 0.05) is 30.3 Å². The maximum absolute atomic E-state index is 11.9. The fourth-order valence-electron chi connectivity index (χ4n) is 2.01. The highest BCUT2D eigenvalue weighted by Crippen LogP contribution is 2.22. The van der Waals surface area contributed by atoms with Gasteiger partial charge < -0.3 is 9.73 Å². The van der Waals surface area contributed by atoms with Crippen LogP contribution in [0.2, 0.25) is 0 Å². The molecule has 1 atom stereocenters. The summed E-state index contributed by atoms with van der Waals surface area (Å²) in [5.74, 6) is 0.136. The number of carbonyl (C=O) groups excluding carboxylic acids is 1. The zero-order valence-electron chi connectivity index (χ0n) is 12.7. The van der Waals surface area contributed by atoms with Gasteiger partial charge in [0.25, 0.3) is 0 Å². The Balaban J connectivity index is 2.03. The molecule has 0 saturated carbocycles. The minimum absolute atomic E-state index is 0.172. The molecule has 0 fully saturated rings. The van der Waals surface area contributed by atoms with E-state index in [1.165, 1.54) is 0 Å². The predicted octanol–water partition coefficient (Wildman–Crippen LogP) is 2.27. The molecule has 1 aromatic heterocycles. The lowest BCUT2D eigenvalue weighted by Crippen LogP contribution is -2.26. The molecule has 0 spiro atoms. The van der Waals surface area contributed by atoms with Crippen LogP contribution in [0.4, 0.5) is 5.69 Å². The summed E-state index contributed by atoms with van der Waals surface area (Å²) in [4.78, 5) is 16.0. The largest absolute Gasteiger partial charge is 0.441 e. The molecule has 1 heterocycles. The van der Waals surface area contributed by atoms with E-state index in [9.17, 15) is 13.2 Å². The number of aromatic nitrogens is 1. The summed E-state index contributed by atoms with van der Waals surface area (Å²) in [6.07, 6.45) is 2.75. The summed E-state index contributed by atoms with van der Waals surface area (Å²) in [6, 6.07) is 7.07. The molecular weight excluding hydrogens is 304 g/mol. The SMILES string of the molecule is Cc1ncc(-c2ccc(NC(=O)C(C)CS(C)(=O)=O)cc2)o1. The maximum atomic E-state index is 11.9. The highest BCUT2D eigenvalue weighted by molar-refractivity contribution is 7.90. The Morgan fingerprint density at radius 3 is 2.45 bits per heavy atom. The zero-order valence-corrected chi connectivity index (χ0v) is 13.5. The average molecular weight is 322 g/mol. The van der Waals surface area contributed by atoms with E-state index in [1.807, 2.05) is 0 Å². The average Bonchev–Trinajstić information content (AvgIpc) is 2.84. The molecule has 1 N–H and O–H groups in total. The van der Waals surface area contributed by atoms with Crippen molar-refractivity contribution in [1.82, 2.24) is 4.98 Å². The van der Waals surface area contributed by atoms with Crippen molar-refractivity contribution >= 4 is 21.4 Å². The summed E-state index contributed by atoms with van der Waals surface area (Å²) in [5, 5.41) is 2.70. The smallest absolute Gasteiger partial charge is 0.228 e. The molecule has 0 aliphatic heterocycles. The van der Waals surface area contributed by atoms with Crippen molar-refractivity contribution in [3.05, 3.63) is 36.4 Å². The van der Waals surface area contributed by atoms with Crippen molar-refractivity contribution in [3.63, 3.8) is 0 Å². The van der Waals surface area contributed by atoms with E-state index in [4.69, 9.17) is 4.42 Å². The number of oxazole rings is 1. The van der Waals surface area contributed by atoms with Crippen LogP contribution in [0.5, 0.6) is 0 Å². The number of aryl methyl sites for hydroxylation is 1. The third-order valence-electron chi connectivity index (χ3n) is 3.06. The number of amides is 1. The molecule has 1 amide bonds. The fraction of sp³-hybridized carbons (Fsp3) is 0.333. The van der Waals surface area contributed by atoms with Crippen LogP contribution in [0.25, 0.3) is 11.3 Å².